The molecule has 0 saturated heterocycles. The van der Waals surface area contributed by atoms with Crippen LogP contribution in [0.5, 0.6) is 11.5 Å². The molecule has 0 aliphatic carbocycles. The maximum absolute atomic E-state index is 6.43. The van der Waals surface area contributed by atoms with E-state index in [1.54, 1.807) is 0 Å². The molecule has 1 nitrogen and oxygen atoms in total. The molecule has 0 unspecified atom stereocenters. The third kappa shape index (κ3) is 5.57. The summed E-state index contributed by atoms with van der Waals surface area (Å²) in [4.78, 5) is 0. The first-order chi connectivity index (χ1) is 16.1. The molecule has 0 amide bonds. The zero-order chi connectivity index (χ0) is 23.2. The fourth-order valence-electron chi connectivity index (χ4n) is 3.98. The molecule has 3 heteroatoms. The van der Waals surface area contributed by atoms with Crippen LogP contribution < -0.4 is 4.74 Å². The minimum absolute atomic E-state index is 0.729. The van der Waals surface area contributed by atoms with Gasteiger partial charge in [-0.15, -0.1) is 0 Å². The van der Waals surface area contributed by atoms with Crippen molar-refractivity contribution < 1.29 is 4.74 Å². The first kappa shape index (κ1) is 22.9. The molecule has 33 heavy (non-hydrogen) atoms. The molecule has 0 fully saturated rings. The number of ether oxygens (including phenoxy) is 1. The first-order valence-corrected chi connectivity index (χ1v) is 11.5. The number of hydrogen-bond donors (Lipinski definition) is 0. The standard InChI is InChI=1S/C30H24Cl2O/c1-3-27-23(17-21-9-5-13-25(31)19-21)11-7-15-29(27)33-30-16-8-12-24(28(30)4-2)18-22-10-6-14-26(32)20-22/h3-16,19-20H,1-2,17-18H2. The highest BCUT2D eigenvalue weighted by Gasteiger charge is 2.13. The smallest absolute Gasteiger partial charge is 0.134 e. The van der Waals surface area contributed by atoms with Crippen molar-refractivity contribution in [2.24, 2.45) is 0 Å². The lowest BCUT2D eigenvalue weighted by Gasteiger charge is -2.17. The van der Waals surface area contributed by atoms with Gasteiger partial charge in [0.05, 0.1) is 0 Å². The topological polar surface area (TPSA) is 9.23 Å². The van der Waals surface area contributed by atoms with Gasteiger partial charge >= 0.3 is 0 Å². The lowest BCUT2D eigenvalue weighted by Crippen LogP contribution is -1.98. The number of rotatable bonds is 8. The fraction of sp³-hybridized carbons (Fsp3) is 0.0667. The van der Waals surface area contributed by atoms with E-state index in [0.717, 1.165) is 67.8 Å². The Labute approximate surface area is 205 Å². The predicted molar refractivity (Wildman–Crippen MR) is 142 cm³/mol. The van der Waals surface area contributed by atoms with Gasteiger partial charge in [0.25, 0.3) is 0 Å². The van der Waals surface area contributed by atoms with Crippen LogP contribution in [0.1, 0.15) is 33.4 Å². The number of benzene rings is 4. The summed E-state index contributed by atoms with van der Waals surface area (Å²) >= 11 is 12.4. The highest BCUT2D eigenvalue weighted by Crippen LogP contribution is 2.34. The van der Waals surface area contributed by atoms with Crippen LogP contribution in [0.4, 0.5) is 0 Å². The molecular weight excluding hydrogens is 447 g/mol. The van der Waals surface area contributed by atoms with Gasteiger partial charge in [0.2, 0.25) is 0 Å². The van der Waals surface area contributed by atoms with Gasteiger partial charge in [-0.3, -0.25) is 0 Å². The maximum atomic E-state index is 6.43. The summed E-state index contributed by atoms with van der Waals surface area (Å²) in [5, 5.41) is 1.46. The van der Waals surface area contributed by atoms with Crippen molar-refractivity contribution in [3.63, 3.8) is 0 Å². The third-order valence-corrected chi connectivity index (χ3v) is 5.98. The molecule has 0 aromatic heterocycles. The Bertz CT molecular complexity index is 1210. The second-order valence-electron chi connectivity index (χ2n) is 7.78. The molecule has 0 saturated carbocycles. The molecule has 4 aromatic rings. The molecule has 4 rings (SSSR count). The van der Waals surface area contributed by atoms with E-state index >= 15 is 0 Å². The minimum Gasteiger partial charge on any atom is -0.456 e. The Morgan fingerprint density at radius 2 is 1.03 bits per heavy atom. The van der Waals surface area contributed by atoms with Gasteiger partial charge in [0.1, 0.15) is 11.5 Å². The Morgan fingerprint density at radius 1 is 0.606 bits per heavy atom. The van der Waals surface area contributed by atoms with E-state index in [4.69, 9.17) is 27.9 Å². The summed E-state index contributed by atoms with van der Waals surface area (Å²) in [6.07, 6.45) is 5.17. The monoisotopic (exact) mass is 470 g/mol. The lowest BCUT2D eigenvalue weighted by atomic mass is 9.98. The van der Waals surface area contributed by atoms with Gasteiger partial charge in [-0.2, -0.15) is 0 Å². The Kier molecular flexibility index (Phi) is 7.34. The molecule has 0 heterocycles. The molecule has 0 bridgehead atoms. The zero-order valence-corrected chi connectivity index (χ0v) is 19.7. The average molecular weight is 471 g/mol. The van der Waals surface area contributed by atoms with Crippen molar-refractivity contribution in [1.82, 2.24) is 0 Å². The summed E-state index contributed by atoms with van der Waals surface area (Å²) in [7, 11) is 0. The van der Waals surface area contributed by atoms with E-state index in [1.807, 2.05) is 72.8 Å². The summed E-state index contributed by atoms with van der Waals surface area (Å²) in [5.74, 6) is 1.51. The van der Waals surface area contributed by atoms with Gasteiger partial charge in [0, 0.05) is 21.2 Å². The quantitative estimate of drug-likeness (QED) is 0.249. The minimum atomic E-state index is 0.729. The third-order valence-electron chi connectivity index (χ3n) is 5.51. The summed E-state index contributed by atoms with van der Waals surface area (Å²) in [6, 6.07) is 27.9. The van der Waals surface area contributed by atoms with Crippen molar-refractivity contribution >= 4 is 35.4 Å². The molecule has 0 aliphatic heterocycles. The van der Waals surface area contributed by atoms with E-state index in [2.05, 4.69) is 37.4 Å². The second kappa shape index (κ2) is 10.6. The van der Waals surface area contributed by atoms with E-state index in [-0.39, 0.29) is 0 Å². The average Bonchev–Trinajstić information content (AvgIpc) is 2.80. The van der Waals surface area contributed by atoms with Crippen LogP contribution in [-0.4, -0.2) is 0 Å². The van der Waals surface area contributed by atoms with Gasteiger partial charge < -0.3 is 4.74 Å². The van der Waals surface area contributed by atoms with Gasteiger partial charge in [-0.25, -0.2) is 0 Å². The number of hydrogen-bond acceptors (Lipinski definition) is 1. The van der Waals surface area contributed by atoms with Crippen LogP contribution in [0.25, 0.3) is 12.2 Å². The molecule has 0 spiro atoms. The SMILES string of the molecule is C=Cc1c(Cc2cccc(Cl)c2)cccc1Oc1cccc(Cc2cccc(Cl)c2)c1C=C. The van der Waals surface area contributed by atoms with Crippen LogP contribution in [0.2, 0.25) is 10.0 Å². The summed E-state index contributed by atoms with van der Waals surface area (Å²) in [6.45, 7) is 8.08. The van der Waals surface area contributed by atoms with Gasteiger partial charge in [-0.05, 0) is 71.5 Å². The van der Waals surface area contributed by atoms with Crippen molar-refractivity contribution in [1.29, 1.82) is 0 Å². The van der Waals surface area contributed by atoms with E-state index < -0.39 is 0 Å². The highest BCUT2D eigenvalue weighted by molar-refractivity contribution is 6.30. The normalized spacial score (nSPS) is 10.6. The largest absolute Gasteiger partial charge is 0.456 e. The molecular formula is C30H24Cl2O. The fourth-order valence-corrected chi connectivity index (χ4v) is 4.41. The van der Waals surface area contributed by atoms with Gasteiger partial charge in [0.15, 0.2) is 0 Å². The van der Waals surface area contributed by atoms with Crippen molar-refractivity contribution in [3.05, 3.63) is 142 Å². The Balaban J connectivity index is 1.66. The molecule has 4 aromatic carbocycles. The summed E-state index contributed by atoms with van der Waals surface area (Å²) < 4.78 is 6.43. The lowest BCUT2D eigenvalue weighted by molar-refractivity contribution is 0.479. The highest BCUT2D eigenvalue weighted by atomic mass is 35.5. The van der Waals surface area contributed by atoms with Crippen LogP contribution in [0.3, 0.4) is 0 Å². The zero-order valence-electron chi connectivity index (χ0n) is 18.2. The Morgan fingerprint density at radius 3 is 1.42 bits per heavy atom. The van der Waals surface area contributed by atoms with E-state index in [0.29, 0.717) is 0 Å². The van der Waals surface area contributed by atoms with Crippen LogP contribution >= 0.6 is 23.2 Å². The molecule has 0 radical (unpaired) electrons. The first-order valence-electron chi connectivity index (χ1n) is 10.7. The van der Waals surface area contributed by atoms with Crippen molar-refractivity contribution in [2.75, 3.05) is 0 Å². The van der Waals surface area contributed by atoms with Crippen LogP contribution in [-0.2, 0) is 12.8 Å². The molecule has 164 valence electrons. The van der Waals surface area contributed by atoms with Gasteiger partial charge in [-0.1, -0.05) is 97.0 Å². The van der Waals surface area contributed by atoms with Crippen LogP contribution in [0.15, 0.2) is 98.1 Å². The van der Waals surface area contributed by atoms with E-state index in [1.165, 1.54) is 0 Å². The van der Waals surface area contributed by atoms with E-state index in [9.17, 15) is 0 Å². The Hall–Kier alpha value is -3.26. The second-order valence-corrected chi connectivity index (χ2v) is 8.65. The molecule has 0 atom stereocenters. The molecule has 0 N–H and O–H groups in total. The molecule has 0 aliphatic rings. The van der Waals surface area contributed by atoms with Crippen LogP contribution in [0, 0.1) is 0 Å². The summed E-state index contributed by atoms with van der Waals surface area (Å²) in [5.41, 5.74) is 6.46. The number of halogens is 2. The van der Waals surface area contributed by atoms with Crippen molar-refractivity contribution in [3.8, 4) is 11.5 Å². The predicted octanol–water partition coefficient (Wildman–Crippen LogP) is 9.25. The maximum Gasteiger partial charge on any atom is 0.134 e. The van der Waals surface area contributed by atoms with Crippen molar-refractivity contribution in [2.45, 2.75) is 12.8 Å².